The summed E-state index contributed by atoms with van der Waals surface area (Å²) in [5.74, 6) is -0.727. The highest BCUT2D eigenvalue weighted by Gasteiger charge is 2.41. The molecule has 1 saturated carbocycles. The SMILES string of the molecule is CCC(C)(C)C(=O)C(=O)N1CCCC[C@H]1C(=O)O[C@H](CCc1ccccc1)c1cccc(OCCCCCCOc2cccc([C@@H](CCc3ccccc3)OC(=O)C3CCCCCC3)c2)c1.CCC(C)(C)C(=O)C(C)=O. The van der Waals surface area contributed by atoms with Crippen LogP contribution in [0.4, 0.5) is 0 Å². The van der Waals surface area contributed by atoms with Gasteiger partial charge in [0.25, 0.3) is 5.91 Å². The van der Waals surface area contributed by atoms with Crippen LogP contribution in [0, 0.1) is 16.7 Å². The summed E-state index contributed by atoms with van der Waals surface area (Å²) in [6.07, 6.45) is 15.3. The van der Waals surface area contributed by atoms with Crippen molar-refractivity contribution in [2.24, 2.45) is 16.7 Å². The van der Waals surface area contributed by atoms with E-state index in [9.17, 15) is 28.8 Å². The van der Waals surface area contributed by atoms with Crippen LogP contribution in [0.15, 0.2) is 109 Å². The number of carbonyl (C=O) groups is 6. The quantitative estimate of drug-likeness (QED) is 0.0245. The molecular formula is C65H87NO10. The highest BCUT2D eigenvalue weighted by Crippen LogP contribution is 2.33. The zero-order valence-corrected chi connectivity index (χ0v) is 46.8. The first-order valence-electron chi connectivity index (χ1n) is 28.4. The second kappa shape index (κ2) is 31.2. The van der Waals surface area contributed by atoms with E-state index in [1.807, 2.05) is 98.8 Å². The second-order valence-electron chi connectivity index (χ2n) is 22.0. The Hall–Kier alpha value is -6.10. The lowest BCUT2D eigenvalue weighted by Gasteiger charge is -2.36. The molecule has 0 unspecified atom stereocenters. The number of amides is 1. The van der Waals surface area contributed by atoms with Crippen LogP contribution in [0.5, 0.6) is 11.5 Å². The van der Waals surface area contributed by atoms with Gasteiger partial charge in [-0.2, -0.15) is 0 Å². The molecule has 4 aromatic carbocycles. The summed E-state index contributed by atoms with van der Waals surface area (Å²) in [5.41, 5.74) is 2.90. The first-order valence-corrected chi connectivity index (χ1v) is 28.4. The highest BCUT2D eigenvalue weighted by molar-refractivity contribution is 6.38. The van der Waals surface area contributed by atoms with Crippen LogP contribution in [-0.2, 0) is 51.1 Å². The van der Waals surface area contributed by atoms with Crippen LogP contribution in [0.2, 0.25) is 0 Å². The molecule has 0 aromatic heterocycles. The average molecular weight is 1040 g/mol. The Bertz CT molecular complexity index is 2440. The molecule has 2 fully saturated rings. The van der Waals surface area contributed by atoms with E-state index in [1.54, 1.807) is 27.7 Å². The summed E-state index contributed by atoms with van der Waals surface area (Å²) < 4.78 is 25.0. The van der Waals surface area contributed by atoms with E-state index in [0.29, 0.717) is 64.0 Å². The summed E-state index contributed by atoms with van der Waals surface area (Å²) in [7, 11) is 0. The van der Waals surface area contributed by atoms with Crippen molar-refractivity contribution in [2.45, 2.75) is 189 Å². The fraction of sp³-hybridized carbons (Fsp3) is 0.538. The van der Waals surface area contributed by atoms with E-state index >= 15 is 0 Å². The maximum atomic E-state index is 14.0. The molecular weight excluding hydrogens is 955 g/mol. The number of rotatable bonds is 27. The van der Waals surface area contributed by atoms with Gasteiger partial charge >= 0.3 is 11.9 Å². The molecule has 1 heterocycles. The van der Waals surface area contributed by atoms with E-state index in [1.165, 1.54) is 30.2 Å². The number of carbonyl (C=O) groups excluding carboxylic acids is 6. The lowest BCUT2D eigenvalue weighted by Crippen LogP contribution is -2.53. The van der Waals surface area contributed by atoms with Crippen molar-refractivity contribution in [1.82, 2.24) is 4.90 Å². The number of likely N-dealkylation sites (tertiary alicyclic amines) is 1. The Labute approximate surface area is 454 Å². The monoisotopic (exact) mass is 1040 g/mol. The van der Waals surface area contributed by atoms with Gasteiger partial charge in [-0.15, -0.1) is 0 Å². The predicted octanol–water partition coefficient (Wildman–Crippen LogP) is 14.1. The number of Topliss-reactive ketones (excluding diaryl/α,β-unsaturated/α-hetero) is 3. The number of esters is 2. The van der Waals surface area contributed by atoms with Gasteiger partial charge < -0.3 is 23.8 Å². The molecule has 0 bridgehead atoms. The van der Waals surface area contributed by atoms with E-state index in [0.717, 1.165) is 93.1 Å². The van der Waals surface area contributed by atoms with Crippen LogP contribution >= 0.6 is 0 Å². The van der Waals surface area contributed by atoms with Crippen LogP contribution < -0.4 is 9.47 Å². The lowest BCUT2D eigenvalue weighted by molar-refractivity contribution is -0.164. The summed E-state index contributed by atoms with van der Waals surface area (Å²) in [5, 5.41) is 0. The highest BCUT2D eigenvalue weighted by atomic mass is 16.5. The maximum Gasteiger partial charge on any atom is 0.329 e. The molecule has 6 rings (SSSR count). The summed E-state index contributed by atoms with van der Waals surface area (Å²) in [4.78, 5) is 77.1. The number of hydrogen-bond acceptors (Lipinski definition) is 10. The van der Waals surface area contributed by atoms with Gasteiger partial charge in [0.05, 0.1) is 19.1 Å². The van der Waals surface area contributed by atoms with Gasteiger partial charge in [-0.05, 0) is 143 Å². The molecule has 1 saturated heterocycles. The lowest BCUT2D eigenvalue weighted by atomic mass is 9.84. The van der Waals surface area contributed by atoms with Crippen LogP contribution in [-0.4, -0.2) is 65.9 Å². The average Bonchev–Trinajstić information content (AvgIpc) is 3.74. The zero-order chi connectivity index (χ0) is 54.9. The number of ether oxygens (including phenoxy) is 4. The Morgan fingerprint density at radius 3 is 1.46 bits per heavy atom. The minimum atomic E-state index is -0.800. The first-order chi connectivity index (χ1) is 36.5. The van der Waals surface area contributed by atoms with Crippen molar-refractivity contribution in [2.75, 3.05) is 19.8 Å². The van der Waals surface area contributed by atoms with Gasteiger partial charge in [-0.1, -0.05) is 152 Å². The molecule has 11 heteroatoms. The van der Waals surface area contributed by atoms with Crippen LogP contribution in [0.3, 0.4) is 0 Å². The van der Waals surface area contributed by atoms with Crippen molar-refractivity contribution in [1.29, 1.82) is 0 Å². The first kappa shape index (κ1) is 60.8. The summed E-state index contributed by atoms with van der Waals surface area (Å²) in [6, 6.07) is 35.5. The molecule has 3 atom stereocenters. The Morgan fingerprint density at radius 1 is 0.539 bits per heavy atom. The number of aryl methyl sites for hydroxylation is 2. The van der Waals surface area contributed by atoms with Crippen molar-refractivity contribution in [3.05, 3.63) is 131 Å². The Morgan fingerprint density at radius 2 is 1.00 bits per heavy atom. The number of nitrogens with zero attached hydrogens (tertiary/aromatic N) is 1. The predicted molar refractivity (Wildman–Crippen MR) is 299 cm³/mol. The van der Waals surface area contributed by atoms with Gasteiger partial charge in [0.2, 0.25) is 11.6 Å². The maximum absolute atomic E-state index is 14.0. The normalized spacial score (nSPS) is 15.9. The molecule has 4 aromatic rings. The second-order valence-corrected chi connectivity index (χ2v) is 22.0. The number of ketones is 3. The molecule has 76 heavy (non-hydrogen) atoms. The Kier molecular flexibility index (Phi) is 24.9. The number of hydrogen-bond donors (Lipinski definition) is 0. The number of piperidine rings is 1. The van der Waals surface area contributed by atoms with Gasteiger partial charge in [0.15, 0.2) is 5.78 Å². The van der Waals surface area contributed by atoms with E-state index in [4.69, 9.17) is 18.9 Å². The van der Waals surface area contributed by atoms with Gasteiger partial charge in [-0.25, -0.2) is 4.79 Å². The molecule has 412 valence electrons. The summed E-state index contributed by atoms with van der Waals surface area (Å²) >= 11 is 0. The molecule has 1 aliphatic carbocycles. The van der Waals surface area contributed by atoms with Gasteiger partial charge in [0.1, 0.15) is 29.7 Å². The molecule has 1 amide bonds. The standard InChI is InChI=1S/C57H73NO8.C8H14O2/c1-4-57(2,3)53(59)54(60)58-38-18-17-33-50(58)56(62)66-52(37-35-44-25-13-10-14-26-44)47-30-22-32-49(42-47)64-40-20-8-7-19-39-63-48-31-21-29-46(41-48)51(36-34-43-23-11-9-12-24-43)65-55(61)45-27-15-5-6-16-28-45;1-5-8(3,4)7(10)6(2)9/h9-14,21-26,29-32,41-42,45,50-52H,4-8,15-20,27-28,33-40H2,1-3H3;5H2,1-4H3/t50-,51+,52+;/m0./s1. The third kappa shape index (κ3) is 19.5. The number of benzene rings is 4. The molecule has 2 aliphatic rings. The van der Waals surface area contributed by atoms with E-state index < -0.39 is 40.6 Å². The minimum absolute atomic E-state index is 0.0163. The largest absolute Gasteiger partial charge is 0.494 e. The van der Waals surface area contributed by atoms with E-state index in [2.05, 4.69) is 24.3 Å². The van der Waals surface area contributed by atoms with Crippen LogP contribution in [0.1, 0.15) is 192 Å². The molecule has 11 nitrogen and oxygen atoms in total. The van der Waals surface area contributed by atoms with Crippen molar-refractivity contribution in [3.8, 4) is 11.5 Å². The van der Waals surface area contributed by atoms with Gasteiger partial charge in [-0.3, -0.25) is 24.0 Å². The van der Waals surface area contributed by atoms with Crippen molar-refractivity contribution < 1.29 is 47.7 Å². The zero-order valence-electron chi connectivity index (χ0n) is 46.8. The summed E-state index contributed by atoms with van der Waals surface area (Å²) in [6.45, 7) is 13.7. The van der Waals surface area contributed by atoms with Crippen LogP contribution in [0.25, 0.3) is 0 Å². The molecule has 0 radical (unpaired) electrons. The van der Waals surface area contributed by atoms with Gasteiger partial charge in [0, 0.05) is 24.3 Å². The van der Waals surface area contributed by atoms with E-state index in [-0.39, 0.29) is 29.6 Å². The van der Waals surface area contributed by atoms with Crippen molar-refractivity contribution >= 4 is 35.2 Å². The topological polar surface area (TPSA) is 143 Å². The fourth-order valence-electron chi connectivity index (χ4n) is 9.63. The fourth-order valence-corrected chi connectivity index (χ4v) is 9.63. The molecule has 0 N–H and O–H groups in total. The minimum Gasteiger partial charge on any atom is -0.494 e. The smallest absolute Gasteiger partial charge is 0.329 e. The molecule has 1 aliphatic heterocycles. The third-order valence-electron chi connectivity index (χ3n) is 15.4. The Balaban J connectivity index is 0.000000965. The van der Waals surface area contributed by atoms with Crippen molar-refractivity contribution in [3.63, 3.8) is 0 Å². The molecule has 0 spiro atoms. The number of unbranched alkanes of at least 4 members (excludes halogenated alkanes) is 3. The third-order valence-corrected chi connectivity index (χ3v) is 15.4.